The summed E-state index contributed by atoms with van der Waals surface area (Å²) >= 11 is 0. The van der Waals surface area contributed by atoms with Gasteiger partial charge in [0.2, 0.25) is 5.78 Å². The SMILES string of the molecule is COc1ccc(/C=C2\Oc3c(ccc(OCC=C(C)C)c3C)C2=O)cc1OC. The molecule has 2 aromatic carbocycles. The lowest BCUT2D eigenvalue weighted by Crippen LogP contribution is -1.98. The van der Waals surface area contributed by atoms with Gasteiger partial charge in [-0.15, -0.1) is 0 Å². The number of methoxy groups -OCH3 is 2. The summed E-state index contributed by atoms with van der Waals surface area (Å²) in [5.41, 5.74) is 3.32. The molecule has 0 saturated heterocycles. The number of carbonyl (C=O) groups is 1. The summed E-state index contributed by atoms with van der Waals surface area (Å²) in [6, 6.07) is 8.99. The first kappa shape index (κ1) is 19.5. The molecule has 146 valence electrons. The summed E-state index contributed by atoms with van der Waals surface area (Å²) in [6.45, 7) is 6.41. The number of rotatable bonds is 6. The Kier molecular flexibility index (Phi) is 5.73. The van der Waals surface area contributed by atoms with Crippen LogP contribution < -0.4 is 18.9 Å². The van der Waals surface area contributed by atoms with Crippen LogP contribution in [0.15, 0.2) is 47.7 Å². The van der Waals surface area contributed by atoms with E-state index in [0.717, 1.165) is 11.1 Å². The molecule has 1 aliphatic heterocycles. The Morgan fingerprint density at radius 1 is 1.04 bits per heavy atom. The summed E-state index contributed by atoms with van der Waals surface area (Å²) in [6.07, 6.45) is 3.70. The van der Waals surface area contributed by atoms with E-state index in [1.54, 1.807) is 38.5 Å². The zero-order chi connectivity index (χ0) is 20.3. The van der Waals surface area contributed by atoms with Gasteiger partial charge in [-0.3, -0.25) is 4.79 Å². The lowest BCUT2D eigenvalue weighted by atomic mass is 10.1. The molecule has 1 heterocycles. The Hall–Kier alpha value is -3.21. The lowest BCUT2D eigenvalue weighted by Gasteiger charge is -2.10. The second kappa shape index (κ2) is 8.21. The van der Waals surface area contributed by atoms with Gasteiger partial charge in [-0.05, 0) is 62.8 Å². The van der Waals surface area contributed by atoms with Crippen molar-refractivity contribution in [1.82, 2.24) is 0 Å². The van der Waals surface area contributed by atoms with Crippen LogP contribution in [-0.4, -0.2) is 26.6 Å². The van der Waals surface area contributed by atoms with Gasteiger partial charge in [0.15, 0.2) is 17.3 Å². The molecule has 28 heavy (non-hydrogen) atoms. The number of Topliss-reactive ketones (excluding diaryl/α,β-unsaturated/α-hetero) is 1. The Labute approximate surface area is 165 Å². The van der Waals surface area contributed by atoms with Gasteiger partial charge in [-0.25, -0.2) is 0 Å². The molecular weight excluding hydrogens is 356 g/mol. The van der Waals surface area contributed by atoms with Crippen molar-refractivity contribution in [2.75, 3.05) is 20.8 Å². The van der Waals surface area contributed by atoms with Crippen LogP contribution in [0.3, 0.4) is 0 Å². The molecule has 5 heteroatoms. The van der Waals surface area contributed by atoms with Gasteiger partial charge in [0.25, 0.3) is 0 Å². The van der Waals surface area contributed by atoms with Gasteiger partial charge in [0.05, 0.1) is 19.8 Å². The van der Waals surface area contributed by atoms with Crippen molar-refractivity contribution in [2.24, 2.45) is 0 Å². The van der Waals surface area contributed by atoms with Gasteiger partial charge in [-0.1, -0.05) is 11.6 Å². The first-order chi connectivity index (χ1) is 13.4. The van der Waals surface area contributed by atoms with Crippen molar-refractivity contribution in [1.29, 1.82) is 0 Å². The number of fused-ring (bicyclic) bond motifs is 1. The minimum atomic E-state index is -0.149. The van der Waals surface area contributed by atoms with Crippen LogP contribution in [0.2, 0.25) is 0 Å². The maximum absolute atomic E-state index is 12.7. The van der Waals surface area contributed by atoms with E-state index >= 15 is 0 Å². The van der Waals surface area contributed by atoms with Crippen molar-refractivity contribution in [2.45, 2.75) is 20.8 Å². The van der Waals surface area contributed by atoms with E-state index in [2.05, 4.69) is 0 Å². The number of hydrogen-bond acceptors (Lipinski definition) is 5. The molecule has 0 amide bonds. The second-order valence-corrected chi connectivity index (χ2v) is 6.71. The zero-order valence-corrected chi connectivity index (χ0v) is 16.8. The highest BCUT2D eigenvalue weighted by Crippen LogP contribution is 2.39. The van der Waals surface area contributed by atoms with Crippen molar-refractivity contribution in [3.63, 3.8) is 0 Å². The molecule has 0 bridgehead atoms. The number of hydrogen-bond donors (Lipinski definition) is 0. The molecule has 0 atom stereocenters. The maximum Gasteiger partial charge on any atom is 0.231 e. The average Bonchev–Trinajstić information content (AvgIpc) is 2.99. The summed E-state index contributed by atoms with van der Waals surface area (Å²) in [5.74, 6) is 2.59. The fraction of sp³-hybridized carbons (Fsp3) is 0.261. The molecule has 0 radical (unpaired) electrons. The molecule has 0 aliphatic carbocycles. The Morgan fingerprint density at radius 3 is 2.43 bits per heavy atom. The number of ether oxygens (including phenoxy) is 4. The minimum Gasteiger partial charge on any atom is -0.493 e. The van der Waals surface area contributed by atoms with Crippen LogP contribution >= 0.6 is 0 Å². The van der Waals surface area contributed by atoms with Crippen LogP contribution in [0.5, 0.6) is 23.0 Å². The third-order valence-corrected chi connectivity index (χ3v) is 4.47. The van der Waals surface area contributed by atoms with Crippen LogP contribution in [0, 0.1) is 6.92 Å². The molecule has 0 fully saturated rings. The Balaban J connectivity index is 1.88. The molecule has 0 aromatic heterocycles. The van der Waals surface area contributed by atoms with Crippen molar-refractivity contribution >= 4 is 11.9 Å². The standard InChI is InChI=1S/C23H24O5/c1-14(2)10-11-27-18-9-7-17-22(24)21(28-23(17)15(18)3)13-16-6-8-19(25-4)20(12-16)26-5/h6-10,12-13H,11H2,1-5H3/b21-13-. The van der Waals surface area contributed by atoms with Gasteiger partial charge >= 0.3 is 0 Å². The Bertz CT molecular complexity index is 965. The van der Waals surface area contributed by atoms with E-state index < -0.39 is 0 Å². The first-order valence-electron chi connectivity index (χ1n) is 9.00. The number of benzene rings is 2. The molecule has 0 N–H and O–H groups in total. The van der Waals surface area contributed by atoms with Crippen molar-refractivity contribution < 1.29 is 23.7 Å². The Morgan fingerprint density at radius 2 is 1.75 bits per heavy atom. The molecule has 0 spiro atoms. The van der Waals surface area contributed by atoms with Gasteiger partial charge in [0, 0.05) is 5.56 Å². The topological polar surface area (TPSA) is 54.0 Å². The normalized spacial score (nSPS) is 13.8. The predicted octanol–water partition coefficient (Wildman–Crippen LogP) is 4.97. The predicted molar refractivity (Wildman–Crippen MR) is 109 cm³/mol. The van der Waals surface area contributed by atoms with Crippen LogP contribution in [0.1, 0.15) is 35.3 Å². The maximum atomic E-state index is 12.7. The van der Waals surface area contributed by atoms with Gasteiger partial charge in [0.1, 0.15) is 18.1 Å². The fourth-order valence-corrected chi connectivity index (χ4v) is 2.92. The molecular formula is C23H24O5. The van der Waals surface area contributed by atoms with Crippen molar-refractivity contribution in [3.8, 4) is 23.0 Å². The summed E-state index contributed by atoms with van der Waals surface area (Å²) in [5, 5.41) is 0. The molecule has 0 saturated carbocycles. The molecule has 3 rings (SSSR count). The highest BCUT2D eigenvalue weighted by Gasteiger charge is 2.30. The number of allylic oxidation sites excluding steroid dienone is 2. The monoisotopic (exact) mass is 380 g/mol. The van der Waals surface area contributed by atoms with Crippen molar-refractivity contribution in [3.05, 3.63) is 64.4 Å². The summed E-state index contributed by atoms with van der Waals surface area (Å²) in [7, 11) is 3.15. The third-order valence-electron chi connectivity index (χ3n) is 4.47. The molecule has 5 nitrogen and oxygen atoms in total. The summed E-state index contributed by atoms with van der Waals surface area (Å²) < 4.78 is 22.3. The lowest BCUT2D eigenvalue weighted by molar-refractivity contribution is 0.101. The van der Waals surface area contributed by atoms with E-state index in [0.29, 0.717) is 35.2 Å². The molecule has 0 unspecified atom stereocenters. The van der Waals surface area contributed by atoms with E-state index in [1.807, 2.05) is 39.0 Å². The highest BCUT2D eigenvalue weighted by atomic mass is 16.5. The van der Waals surface area contributed by atoms with E-state index in [-0.39, 0.29) is 11.5 Å². The number of carbonyl (C=O) groups excluding carboxylic acids is 1. The summed E-state index contributed by atoms with van der Waals surface area (Å²) in [4.78, 5) is 12.7. The quantitative estimate of drug-likeness (QED) is 0.523. The minimum absolute atomic E-state index is 0.149. The van der Waals surface area contributed by atoms with Crippen LogP contribution in [-0.2, 0) is 0 Å². The van der Waals surface area contributed by atoms with E-state index in [9.17, 15) is 4.79 Å². The van der Waals surface area contributed by atoms with E-state index in [4.69, 9.17) is 18.9 Å². The van der Waals surface area contributed by atoms with Crippen LogP contribution in [0.25, 0.3) is 6.08 Å². The molecule has 1 aliphatic rings. The largest absolute Gasteiger partial charge is 0.493 e. The number of ketones is 1. The fourth-order valence-electron chi connectivity index (χ4n) is 2.92. The molecule has 2 aromatic rings. The third kappa shape index (κ3) is 3.88. The van der Waals surface area contributed by atoms with Gasteiger partial charge < -0.3 is 18.9 Å². The first-order valence-corrected chi connectivity index (χ1v) is 9.00. The smallest absolute Gasteiger partial charge is 0.231 e. The van der Waals surface area contributed by atoms with Gasteiger partial charge in [-0.2, -0.15) is 0 Å². The second-order valence-electron chi connectivity index (χ2n) is 6.71. The van der Waals surface area contributed by atoms with Crippen LogP contribution in [0.4, 0.5) is 0 Å². The zero-order valence-electron chi connectivity index (χ0n) is 16.8. The highest BCUT2D eigenvalue weighted by molar-refractivity contribution is 6.15. The van der Waals surface area contributed by atoms with E-state index in [1.165, 1.54) is 5.57 Å². The average molecular weight is 380 g/mol.